The van der Waals surface area contributed by atoms with Crippen molar-refractivity contribution in [3.8, 4) is 0 Å². The van der Waals surface area contributed by atoms with Crippen LogP contribution in [0.1, 0.15) is 6.42 Å². The molecule has 1 aliphatic heterocycles. The molecule has 0 bridgehead atoms. The number of rotatable bonds is 3. The van der Waals surface area contributed by atoms with Gasteiger partial charge in [0.2, 0.25) is 0 Å². The van der Waals surface area contributed by atoms with Gasteiger partial charge in [-0.05, 0) is 28.4 Å². The molecule has 0 radical (unpaired) electrons. The number of nitrogens with one attached hydrogen (secondary N) is 1. The molecule has 1 unspecified atom stereocenters. The van der Waals surface area contributed by atoms with Gasteiger partial charge in [0, 0.05) is 36.5 Å². The Balaban J connectivity index is 1.58. The fourth-order valence-corrected chi connectivity index (χ4v) is 3.17. The lowest BCUT2D eigenvalue weighted by Gasteiger charge is -2.15. The summed E-state index contributed by atoms with van der Waals surface area (Å²) in [5.41, 5.74) is 0.823. The van der Waals surface area contributed by atoms with E-state index in [0.717, 1.165) is 9.99 Å². The topological polar surface area (TPSA) is 80.4 Å². The quantitative estimate of drug-likeness (QED) is 0.749. The number of amides is 1. The molecule has 1 atom stereocenters. The zero-order chi connectivity index (χ0) is 16.0. The number of fused-ring (bicyclic) bond motifs is 1. The lowest BCUT2D eigenvalue weighted by molar-refractivity contribution is -0.117. The number of carbonyl (C=O) groups excluding carboxylic acids is 1. The Morgan fingerprint density at radius 1 is 1.43 bits per heavy atom. The van der Waals surface area contributed by atoms with Crippen LogP contribution in [0.25, 0.3) is 5.52 Å². The van der Waals surface area contributed by atoms with Crippen molar-refractivity contribution in [2.24, 2.45) is 7.05 Å². The number of carbonyl (C=O) groups is 1. The van der Waals surface area contributed by atoms with Crippen molar-refractivity contribution in [1.82, 2.24) is 24.4 Å². The number of nitrogens with zero attached hydrogens (tertiary/aromatic N) is 6. The maximum atomic E-state index is 12.6. The van der Waals surface area contributed by atoms with Crippen LogP contribution in [0.4, 0.5) is 11.6 Å². The third-order valence-corrected chi connectivity index (χ3v) is 4.30. The molecular weight excluding hydrogens is 362 g/mol. The van der Waals surface area contributed by atoms with Crippen molar-refractivity contribution < 1.29 is 4.79 Å². The average Bonchev–Trinajstić information content (AvgIpc) is 3.19. The molecule has 0 aromatic carbocycles. The molecule has 1 N–H and O–H groups in total. The van der Waals surface area contributed by atoms with Crippen molar-refractivity contribution in [1.29, 1.82) is 0 Å². The molecule has 4 rings (SSSR count). The summed E-state index contributed by atoms with van der Waals surface area (Å²) in [6.45, 7) is 0.638. The van der Waals surface area contributed by atoms with Gasteiger partial charge in [-0.2, -0.15) is 10.2 Å². The lowest BCUT2D eigenvalue weighted by atomic mass is 10.2. The second kappa shape index (κ2) is 5.34. The first-order valence-corrected chi connectivity index (χ1v) is 7.97. The van der Waals surface area contributed by atoms with Gasteiger partial charge in [-0.15, -0.1) is 0 Å². The van der Waals surface area contributed by atoms with Crippen LogP contribution >= 0.6 is 15.9 Å². The van der Waals surface area contributed by atoms with E-state index in [0.29, 0.717) is 24.6 Å². The maximum Gasteiger partial charge on any atom is 0.250 e. The van der Waals surface area contributed by atoms with Gasteiger partial charge in [0.25, 0.3) is 5.91 Å². The second-order valence-corrected chi connectivity index (χ2v) is 6.34. The van der Waals surface area contributed by atoms with Crippen molar-refractivity contribution in [3.05, 3.63) is 35.3 Å². The lowest BCUT2D eigenvalue weighted by Crippen LogP contribution is -2.34. The summed E-state index contributed by atoms with van der Waals surface area (Å²) in [5, 5.41) is 11.7. The first-order valence-electron chi connectivity index (χ1n) is 7.18. The SMILES string of the molecule is Cn1ccc(N2CCC(Nc3ncnn4cc(Br)cc34)C2=O)n1. The molecule has 0 saturated carbocycles. The highest BCUT2D eigenvalue weighted by atomic mass is 79.9. The normalized spacial score (nSPS) is 18.1. The molecule has 0 aliphatic carbocycles. The Bertz CT molecular complexity index is 886. The summed E-state index contributed by atoms with van der Waals surface area (Å²) in [6.07, 6.45) is 5.85. The summed E-state index contributed by atoms with van der Waals surface area (Å²) in [5.74, 6) is 1.33. The Morgan fingerprint density at radius 2 is 2.30 bits per heavy atom. The number of anilines is 2. The molecule has 118 valence electrons. The average molecular weight is 376 g/mol. The zero-order valence-electron chi connectivity index (χ0n) is 12.3. The molecule has 4 heterocycles. The van der Waals surface area contributed by atoms with Crippen LogP contribution in [0, 0.1) is 0 Å². The third kappa shape index (κ3) is 2.46. The zero-order valence-corrected chi connectivity index (χ0v) is 13.9. The van der Waals surface area contributed by atoms with Crippen LogP contribution in [-0.4, -0.2) is 42.9 Å². The van der Waals surface area contributed by atoms with E-state index in [2.05, 4.69) is 36.4 Å². The van der Waals surface area contributed by atoms with Gasteiger partial charge in [-0.1, -0.05) is 0 Å². The van der Waals surface area contributed by atoms with Gasteiger partial charge in [-0.3, -0.25) is 14.4 Å². The van der Waals surface area contributed by atoms with E-state index in [1.807, 2.05) is 31.6 Å². The van der Waals surface area contributed by atoms with Crippen LogP contribution in [0.2, 0.25) is 0 Å². The van der Waals surface area contributed by atoms with Crippen molar-refractivity contribution in [2.45, 2.75) is 12.5 Å². The third-order valence-electron chi connectivity index (χ3n) is 3.87. The summed E-state index contributed by atoms with van der Waals surface area (Å²) >= 11 is 3.42. The smallest absolute Gasteiger partial charge is 0.250 e. The van der Waals surface area contributed by atoms with Gasteiger partial charge >= 0.3 is 0 Å². The fourth-order valence-electron chi connectivity index (χ4n) is 2.76. The molecule has 1 fully saturated rings. The highest BCUT2D eigenvalue weighted by molar-refractivity contribution is 9.10. The minimum atomic E-state index is -0.315. The van der Waals surface area contributed by atoms with Crippen LogP contribution in [0.15, 0.2) is 35.3 Å². The van der Waals surface area contributed by atoms with Crippen LogP contribution < -0.4 is 10.2 Å². The molecule has 8 nitrogen and oxygen atoms in total. The number of halogens is 1. The maximum absolute atomic E-state index is 12.6. The summed E-state index contributed by atoms with van der Waals surface area (Å²) in [7, 11) is 1.84. The van der Waals surface area contributed by atoms with E-state index in [9.17, 15) is 4.79 Å². The van der Waals surface area contributed by atoms with Crippen molar-refractivity contribution >= 4 is 39.0 Å². The van der Waals surface area contributed by atoms with E-state index in [1.54, 1.807) is 14.1 Å². The molecular formula is C14H14BrN7O. The van der Waals surface area contributed by atoms with E-state index in [-0.39, 0.29) is 11.9 Å². The van der Waals surface area contributed by atoms with Gasteiger partial charge in [0.05, 0.1) is 0 Å². The summed E-state index contributed by atoms with van der Waals surface area (Å²) < 4.78 is 4.32. The number of hydrogen-bond acceptors (Lipinski definition) is 5. The monoisotopic (exact) mass is 375 g/mol. The molecule has 23 heavy (non-hydrogen) atoms. The molecule has 1 amide bonds. The molecule has 0 spiro atoms. The highest BCUT2D eigenvalue weighted by Crippen LogP contribution is 2.24. The summed E-state index contributed by atoms with van der Waals surface area (Å²) in [4.78, 5) is 18.6. The van der Waals surface area contributed by atoms with Gasteiger partial charge in [0.1, 0.15) is 17.9 Å². The van der Waals surface area contributed by atoms with Crippen LogP contribution in [-0.2, 0) is 11.8 Å². The van der Waals surface area contributed by atoms with E-state index < -0.39 is 0 Å². The van der Waals surface area contributed by atoms with Crippen LogP contribution in [0.5, 0.6) is 0 Å². The van der Waals surface area contributed by atoms with E-state index in [1.165, 1.54) is 6.33 Å². The highest BCUT2D eigenvalue weighted by Gasteiger charge is 2.34. The first kappa shape index (κ1) is 14.2. The second-order valence-electron chi connectivity index (χ2n) is 5.42. The van der Waals surface area contributed by atoms with E-state index in [4.69, 9.17) is 0 Å². The predicted molar refractivity (Wildman–Crippen MR) is 88.3 cm³/mol. The minimum Gasteiger partial charge on any atom is -0.356 e. The Hall–Kier alpha value is -2.42. The Kier molecular flexibility index (Phi) is 3.29. The van der Waals surface area contributed by atoms with Gasteiger partial charge in [0.15, 0.2) is 11.6 Å². The van der Waals surface area contributed by atoms with Crippen molar-refractivity contribution in [2.75, 3.05) is 16.8 Å². The Labute approximate surface area is 140 Å². The molecule has 3 aromatic heterocycles. The molecule has 3 aromatic rings. The van der Waals surface area contributed by atoms with E-state index >= 15 is 0 Å². The standard InChI is InChI=1S/C14H14BrN7O/c1-20-4-3-12(19-20)21-5-2-10(14(21)23)18-13-11-6-9(15)7-22(11)17-8-16-13/h3-4,6-8,10H,2,5H2,1H3,(H,16,17,18). The summed E-state index contributed by atoms with van der Waals surface area (Å²) in [6, 6.07) is 3.44. The van der Waals surface area contributed by atoms with Crippen LogP contribution in [0.3, 0.4) is 0 Å². The minimum absolute atomic E-state index is 0.00563. The number of hydrogen-bond donors (Lipinski definition) is 1. The number of aromatic nitrogens is 5. The fraction of sp³-hybridized carbons (Fsp3) is 0.286. The Morgan fingerprint density at radius 3 is 3.09 bits per heavy atom. The molecule has 1 saturated heterocycles. The molecule has 9 heteroatoms. The first-order chi connectivity index (χ1) is 11.1. The number of aryl methyl sites for hydroxylation is 1. The van der Waals surface area contributed by atoms with Crippen molar-refractivity contribution in [3.63, 3.8) is 0 Å². The van der Waals surface area contributed by atoms with Gasteiger partial charge in [-0.25, -0.2) is 9.50 Å². The molecule has 1 aliphatic rings. The van der Waals surface area contributed by atoms with Gasteiger partial charge < -0.3 is 5.32 Å². The predicted octanol–water partition coefficient (Wildman–Crippen LogP) is 1.44. The largest absolute Gasteiger partial charge is 0.356 e.